The number of likely N-dealkylation sites (tertiary alicyclic amines) is 1. The first kappa shape index (κ1) is 19.9. The van der Waals surface area contributed by atoms with Crippen molar-refractivity contribution in [2.24, 2.45) is 0 Å². The van der Waals surface area contributed by atoms with Crippen LogP contribution in [0.2, 0.25) is 0 Å². The van der Waals surface area contributed by atoms with Crippen molar-refractivity contribution in [2.45, 2.75) is 18.9 Å². The number of amides is 1. The Balaban J connectivity index is 1.61. The van der Waals surface area contributed by atoms with Gasteiger partial charge in [0.2, 0.25) is 0 Å². The quantitative estimate of drug-likeness (QED) is 0.676. The van der Waals surface area contributed by atoms with Gasteiger partial charge < -0.3 is 14.8 Å². The van der Waals surface area contributed by atoms with Crippen LogP contribution in [-0.2, 0) is 4.79 Å². The number of hydrogen-bond donors (Lipinski definition) is 1. The van der Waals surface area contributed by atoms with Crippen LogP contribution < -0.4 is 14.8 Å². The van der Waals surface area contributed by atoms with Gasteiger partial charge in [0.05, 0.1) is 18.7 Å². The first-order valence-electron chi connectivity index (χ1n) is 9.53. The van der Waals surface area contributed by atoms with Gasteiger partial charge in [-0.3, -0.25) is 14.5 Å². The lowest BCUT2D eigenvalue weighted by Crippen LogP contribution is -2.38. The summed E-state index contributed by atoms with van der Waals surface area (Å²) in [6.45, 7) is 2.39. The molecule has 1 fully saturated rings. The summed E-state index contributed by atoms with van der Waals surface area (Å²) in [5.74, 6) is 1.01. The Morgan fingerprint density at radius 2 is 1.96 bits per heavy atom. The Kier molecular flexibility index (Phi) is 7.03. The third kappa shape index (κ3) is 5.10. The van der Waals surface area contributed by atoms with E-state index in [2.05, 4.69) is 16.3 Å². The largest absolute Gasteiger partial charge is 0.497 e. The van der Waals surface area contributed by atoms with Crippen LogP contribution in [0.3, 0.4) is 0 Å². The molecule has 2 aromatic rings. The van der Waals surface area contributed by atoms with Crippen LogP contribution in [0.4, 0.5) is 0 Å². The van der Waals surface area contributed by atoms with Crippen molar-refractivity contribution in [1.82, 2.24) is 10.2 Å². The highest BCUT2D eigenvalue weighted by Crippen LogP contribution is 2.27. The topological polar surface area (TPSA) is 67.9 Å². The lowest BCUT2D eigenvalue weighted by atomic mass is 10.0. The second-order valence-electron chi connectivity index (χ2n) is 6.78. The number of methoxy groups -OCH3 is 1. The number of rotatable bonds is 9. The van der Waals surface area contributed by atoms with E-state index in [0.29, 0.717) is 17.9 Å². The Morgan fingerprint density at radius 3 is 2.71 bits per heavy atom. The second kappa shape index (κ2) is 9.90. The number of carbonyl (C=O) groups is 2. The van der Waals surface area contributed by atoms with Gasteiger partial charge >= 0.3 is 0 Å². The molecule has 1 atom stereocenters. The maximum absolute atomic E-state index is 12.3. The first-order chi connectivity index (χ1) is 13.7. The highest BCUT2D eigenvalue weighted by Gasteiger charge is 2.24. The van der Waals surface area contributed by atoms with Crippen molar-refractivity contribution in [2.75, 3.05) is 33.4 Å². The summed E-state index contributed by atoms with van der Waals surface area (Å²) in [5, 5.41) is 2.97. The van der Waals surface area contributed by atoms with Gasteiger partial charge in [0.1, 0.15) is 11.5 Å². The fourth-order valence-electron chi connectivity index (χ4n) is 3.47. The molecule has 6 nitrogen and oxygen atoms in total. The van der Waals surface area contributed by atoms with Crippen LogP contribution in [0.5, 0.6) is 11.5 Å². The van der Waals surface area contributed by atoms with E-state index in [9.17, 15) is 9.59 Å². The molecule has 1 amide bonds. The van der Waals surface area contributed by atoms with E-state index in [1.54, 1.807) is 31.4 Å². The molecule has 1 saturated heterocycles. The van der Waals surface area contributed by atoms with Crippen LogP contribution in [0.25, 0.3) is 0 Å². The fraction of sp³-hybridized carbons (Fsp3) is 0.364. The highest BCUT2D eigenvalue weighted by molar-refractivity contribution is 5.80. The molecule has 148 valence electrons. The predicted octanol–water partition coefficient (Wildman–Crippen LogP) is 2.84. The van der Waals surface area contributed by atoms with Gasteiger partial charge in [0, 0.05) is 6.54 Å². The van der Waals surface area contributed by atoms with Crippen LogP contribution >= 0.6 is 0 Å². The minimum atomic E-state index is -0.215. The summed E-state index contributed by atoms with van der Waals surface area (Å²) >= 11 is 0. The molecule has 0 aromatic heterocycles. The number of benzene rings is 2. The molecular formula is C22H26N2O4. The first-order valence-corrected chi connectivity index (χ1v) is 9.53. The average molecular weight is 382 g/mol. The van der Waals surface area contributed by atoms with E-state index < -0.39 is 0 Å². The van der Waals surface area contributed by atoms with Gasteiger partial charge in [-0.25, -0.2) is 0 Å². The van der Waals surface area contributed by atoms with Crippen LogP contribution in [0.1, 0.15) is 34.8 Å². The number of nitrogens with zero attached hydrogens (tertiary/aromatic N) is 1. The van der Waals surface area contributed by atoms with Crippen LogP contribution in [-0.4, -0.2) is 50.4 Å². The molecule has 1 aliphatic heterocycles. The van der Waals surface area contributed by atoms with Crippen molar-refractivity contribution < 1.29 is 19.1 Å². The molecule has 28 heavy (non-hydrogen) atoms. The van der Waals surface area contributed by atoms with Gasteiger partial charge in [-0.05, 0) is 55.8 Å². The summed E-state index contributed by atoms with van der Waals surface area (Å²) in [6, 6.07) is 14.9. The van der Waals surface area contributed by atoms with Gasteiger partial charge in [0.15, 0.2) is 12.9 Å². The molecule has 1 heterocycles. The number of ether oxygens (including phenoxy) is 2. The molecule has 1 N–H and O–H groups in total. The lowest BCUT2D eigenvalue weighted by molar-refractivity contribution is -0.123. The van der Waals surface area contributed by atoms with E-state index in [1.165, 1.54) is 12.8 Å². The molecule has 3 rings (SSSR count). The number of aldehydes is 1. The Hall–Kier alpha value is -2.86. The molecule has 1 unspecified atom stereocenters. The highest BCUT2D eigenvalue weighted by atomic mass is 16.5. The van der Waals surface area contributed by atoms with Crippen molar-refractivity contribution in [3.63, 3.8) is 0 Å². The molecule has 0 bridgehead atoms. The van der Waals surface area contributed by atoms with Gasteiger partial charge in [-0.15, -0.1) is 0 Å². The molecule has 1 aliphatic rings. The standard InChI is InChI=1S/C22H26N2O4/c1-27-19-9-6-8-17(13-19)20(24-11-4-5-12-24)14-23-22(26)16-28-21-10-3-2-7-18(21)15-25/h2-3,6-10,13,15,20H,4-5,11-12,14,16H2,1H3,(H,23,26). The minimum absolute atomic E-state index is 0.0869. The zero-order valence-electron chi connectivity index (χ0n) is 16.1. The summed E-state index contributed by atoms with van der Waals surface area (Å²) in [4.78, 5) is 25.8. The summed E-state index contributed by atoms with van der Waals surface area (Å²) in [6.07, 6.45) is 3.06. The molecule has 0 aliphatic carbocycles. The molecule has 0 spiro atoms. The summed E-state index contributed by atoms with van der Waals surface area (Å²) < 4.78 is 10.9. The number of hydrogen-bond acceptors (Lipinski definition) is 5. The third-order valence-electron chi connectivity index (χ3n) is 4.96. The van der Waals surface area contributed by atoms with Crippen molar-refractivity contribution in [1.29, 1.82) is 0 Å². The number of nitrogens with one attached hydrogen (secondary N) is 1. The van der Waals surface area contributed by atoms with Gasteiger partial charge in [-0.1, -0.05) is 24.3 Å². The molecular weight excluding hydrogens is 356 g/mol. The minimum Gasteiger partial charge on any atom is -0.497 e. The predicted molar refractivity (Wildman–Crippen MR) is 107 cm³/mol. The monoisotopic (exact) mass is 382 g/mol. The maximum atomic E-state index is 12.3. The van der Waals surface area contributed by atoms with E-state index in [4.69, 9.17) is 9.47 Å². The Bertz CT molecular complexity index is 803. The van der Waals surface area contributed by atoms with E-state index in [0.717, 1.165) is 30.7 Å². The molecule has 2 aromatic carbocycles. The van der Waals surface area contributed by atoms with E-state index in [1.807, 2.05) is 18.2 Å². The number of para-hydroxylation sites is 1. The SMILES string of the molecule is COc1cccc(C(CNC(=O)COc2ccccc2C=O)N2CCCC2)c1. The lowest BCUT2D eigenvalue weighted by Gasteiger charge is -2.28. The smallest absolute Gasteiger partial charge is 0.258 e. The zero-order chi connectivity index (χ0) is 19.8. The van der Waals surface area contributed by atoms with E-state index >= 15 is 0 Å². The van der Waals surface area contributed by atoms with Gasteiger partial charge in [-0.2, -0.15) is 0 Å². The zero-order valence-corrected chi connectivity index (χ0v) is 16.1. The molecule has 0 saturated carbocycles. The fourth-order valence-corrected chi connectivity index (χ4v) is 3.47. The molecule has 6 heteroatoms. The molecule has 0 radical (unpaired) electrons. The maximum Gasteiger partial charge on any atom is 0.258 e. The Morgan fingerprint density at radius 1 is 1.18 bits per heavy atom. The summed E-state index contributed by atoms with van der Waals surface area (Å²) in [5.41, 5.74) is 1.55. The van der Waals surface area contributed by atoms with Crippen LogP contribution in [0, 0.1) is 0 Å². The third-order valence-corrected chi connectivity index (χ3v) is 4.96. The number of carbonyl (C=O) groups excluding carboxylic acids is 2. The van der Waals surface area contributed by atoms with Crippen molar-refractivity contribution >= 4 is 12.2 Å². The van der Waals surface area contributed by atoms with Crippen LogP contribution in [0.15, 0.2) is 48.5 Å². The second-order valence-corrected chi connectivity index (χ2v) is 6.78. The van der Waals surface area contributed by atoms with E-state index in [-0.39, 0.29) is 18.6 Å². The Labute approximate surface area is 165 Å². The van der Waals surface area contributed by atoms with Crippen molar-refractivity contribution in [3.05, 3.63) is 59.7 Å². The average Bonchev–Trinajstić information content (AvgIpc) is 3.27. The van der Waals surface area contributed by atoms with Gasteiger partial charge in [0.25, 0.3) is 5.91 Å². The van der Waals surface area contributed by atoms with Crippen molar-refractivity contribution in [3.8, 4) is 11.5 Å². The normalized spacial score (nSPS) is 15.0. The summed E-state index contributed by atoms with van der Waals surface area (Å²) in [7, 11) is 1.65.